The number of rotatable bonds is 3. The van der Waals surface area contributed by atoms with Crippen LogP contribution in [0.5, 0.6) is 0 Å². The molecule has 104 valence electrons. The van der Waals surface area contributed by atoms with Crippen LogP contribution in [0.4, 0.5) is 5.69 Å². The van der Waals surface area contributed by atoms with Crippen molar-refractivity contribution in [2.24, 2.45) is 5.10 Å². The number of thiocarbonyl (C=S) groups is 1. The van der Waals surface area contributed by atoms with E-state index in [-0.39, 0.29) is 0 Å². The molecule has 1 N–H and O–H groups in total. The molecule has 0 atom stereocenters. The summed E-state index contributed by atoms with van der Waals surface area (Å²) in [5.74, 6) is 0. The summed E-state index contributed by atoms with van der Waals surface area (Å²) in [6.07, 6.45) is 1.78. The lowest BCUT2D eigenvalue weighted by molar-refractivity contribution is 0.557. The number of nitrogens with one attached hydrogen (secondary N) is 1. The average molecular weight is 324 g/mol. The summed E-state index contributed by atoms with van der Waals surface area (Å²) >= 11 is 13.1. The zero-order valence-electron chi connectivity index (χ0n) is 11.1. The fourth-order valence-electron chi connectivity index (χ4n) is 1.54. The van der Waals surface area contributed by atoms with Gasteiger partial charge in [0.1, 0.15) is 0 Å². The first-order valence-corrected chi connectivity index (χ1v) is 7.62. The number of nitrogens with zero attached hydrogens (tertiary/aromatic N) is 2. The molecular formula is C14H14ClN3S2. The highest BCUT2D eigenvalue weighted by atomic mass is 35.5. The van der Waals surface area contributed by atoms with Crippen LogP contribution in [0.25, 0.3) is 0 Å². The molecule has 0 saturated heterocycles. The van der Waals surface area contributed by atoms with Crippen molar-refractivity contribution in [1.29, 1.82) is 0 Å². The molecule has 0 radical (unpaired) electrons. The van der Waals surface area contributed by atoms with Crippen LogP contribution in [-0.4, -0.2) is 23.4 Å². The standard InChI is InChI=1S/C14H14ClN3S2/c1-10-5-3-7-12(15)13(10)17-14(19)18(2)16-9-11-6-4-8-20-11/h3-9H,1-2H3,(H,17,19)/b16-9+. The Morgan fingerprint density at radius 1 is 1.40 bits per heavy atom. The molecule has 1 heterocycles. The molecule has 0 spiro atoms. The molecule has 0 aliphatic heterocycles. The van der Waals surface area contributed by atoms with Crippen molar-refractivity contribution in [3.05, 3.63) is 51.2 Å². The Kier molecular flexibility index (Phi) is 5.11. The van der Waals surface area contributed by atoms with Crippen molar-refractivity contribution in [2.75, 3.05) is 12.4 Å². The molecule has 0 amide bonds. The summed E-state index contributed by atoms with van der Waals surface area (Å²) in [6.45, 7) is 1.98. The summed E-state index contributed by atoms with van der Waals surface area (Å²) in [5.41, 5.74) is 1.85. The van der Waals surface area contributed by atoms with E-state index in [9.17, 15) is 0 Å². The van der Waals surface area contributed by atoms with E-state index >= 15 is 0 Å². The van der Waals surface area contributed by atoms with E-state index in [4.69, 9.17) is 23.8 Å². The third kappa shape index (κ3) is 3.79. The van der Waals surface area contributed by atoms with Crippen LogP contribution in [0.2, 0.25) is 5.02 Å². The van der Waals surface area contributed by atoms with E-state index < -0.39 is 0 Å². The second-order valence-electron chi connectivity index (χ2n) is 4.15. The number of anilines is 1. The highest BCUT2D eigenvalue weighted by Crippen LogP contribution is 2.25. The molecule has 0 aliphatic carbocycles. The second kappa shape index (κ2) is 6.83. The van der Waals surface area contributed by atoms with Crippen LogP contribution in [-0.2, 0) is 0 Å². The zero-order valence-corrected chi connectivity index (χ0v) is 13.5. The van der Waals surface area contributed by atoms with Crippen molar-refractivity contribution in [3.8, 4) is 0 Å². The molecule has 1 aromatic heterocycles. The fourth-order valence-corrected chi connectivity index (χ4v) is 2.54. The van der Waals surface area contributed by atoms with E-state index in [1.54, 1.807) is 29.6 Å². The van der Waals surface area contributed by atoms with Gasteiger partial charge in [-0.2, -0.15) is 5.10 Å². The van der Waals surface area contributed by atoms with Crippen molar-refractivity contribution >= 4 is 52.2 Å². The monoisotopic (exact) mass is 323 g/mol. The summed E-state index contributed by atoms with van der Waals surface area (Å²) < 4.78 is 0. The largest absolute Gasteiger partial charge is 0.330 e. The predicted molar refractivity (Wildman–Crippen MR) is 92.1 cm³/mol. The van der Waals surface area contributed by atoms with Gasteiger partial charge in [-0.15, -0.1) is 11.3 Å². The van der Waals surface area contributed by atoms with Gasteiger partial charge in [0.15, 0.2) is 5.11 Å². The van der Waals surface area contributed by atoms with E-state index in [1.165, 1.54) is 0 Å². The smallest absolute Gasteiger partial charge is 0.193 e. The van der Waals surface area contributed by atoms with Crippen molar-refractivity contribution in [3.63, 3.8) is 0 Å². The lowest BCUT2D eigenvalue weighted by Gasteiger charge is -2.17. The molecule has 2 rings (SSSR count). The molecule has 3 nitrogen and oxygen atoms in total. The summed E-state index contributed by atoms with van der Waals surface area (Å²) in [4.78, 5) is 1.08. The third-order valence-corrected chi connectivity index (χ3v) is 4.14. The second-order valence-corrected chi connectivity index (χ2v) is 5.92. The normalized spacial score (nSPS) is 10.8. The molecule has 20 heavy (non-hydrogen) atoms. The molecule has 6 heteroatoms. The molecule has 0 unspecified atom stereocenters. The number of hydrazone groups is 1. The number of halogens is 1. The first kappa shape index (κ1) is 15.0. The molecule has 0 bridgehead atoms. The Morgan fingerprint density at radius 2 is 2.20 bits per heavy atom. The number of hydrogen-bond acceptors (Lipinski definition) is 3. The summed E-state index contributed by atoms with van der Waals surface area (Å²) in [6, 6.07) is 9.69. The number of thiophene rings is 1. The van der Waals surface area contributed by atoms with Crippen molar-refractivity contribution in [2.45, 2.75) is 6.92 Å². The van der Waals surface area contributed by atoms with Crippen LogP contribution >= 0.6 is 35.2 Å². The van der Waals surface area contributed by atoms with Gasteiger partial charge >= 0.3 is 0 Å². The number of benzene rings is 1. The molecule has 0 aliphatic rings. The minimum atomic E-state index is 0.494. The van der Waals surface area contributed by atoms with Crippen LogP contribution in [0.3, 0.4) is 0 Å². The lowest BCUT2D eigenvalue weighted by Crippen LogP contribution is -2.27. The number of aryl methyl sites for hydroxylation is 1. The lowest BCUT2D eigenvalue weighted by atomic mass is 10.2. The minimum absolute atomic E-state index is 0.494. The molecule has 2 aromatic rings. The topological polar surface area (TPSA) is 27.6 Å². The van der Waals surface area contributed by atoms with Gasteiger partial charge < -0.3 is 5.32 Å². The fraction of sp³-hybridized carbons (Fsp3) is 0.143. The first-order valence-electron chi connectivity index (χ1n) is 5.95. The molecular weight excluding hydrogens is 310 g/mol. The molecule has 0 saturated carbocycles. The maximum atomic E-state index is 6.16. The molecule has 0 fully saturated rings. The van der Waals surface area contributed by atoms with Gasteiger partial charge in [-0.1, -0.05) is 29.8 Å². The van der Waals surface area contributed by atoms with Gasteiger partial charge in [-0.25, -0.2) is 5.01 Å². The average Bonchev–Trinajstić information content (AvgIpc) is 2.93. The third-order valence-electron chi connectivity index (χ3n) is 2.65. The van der Waals surface area contributed by atoms with Crippen LogP contribution in [0.15, 0.2) is 40.8 Å². The Balaban J connectivity index is 2.04. The number of para-hydroxylation sites is 1. The van der Waals surface area contributed by atoms with Gasteiger partial charge in [-0.3, -0.25) is 0 Å². The van der Waals surface area contributed by atoms with Gasteiger partial charge in [0.05, 0.1) is 16.9 Å². The van der Waals surface area contributed by atoms with Crippen LogP contribution < -0.4 is 5.32 Å². The summed E-state index contributed by atoms with van der Waals surface area (Å²) in [7, 11) is 1.80. The zero-order chi connectivity index (χ0) is 14.5. The van der Waals surface area contributed by atoms with Crippen molar-refractivity contribution < 1.29 is 0 Å². The Morgan fingerprint density at radius 3 is 2.85 bits per heavy atom. The highest BCUT2D eigenvalue weighted by Gasteiger charge is 2.08. The van der Waals surface area contributed by atoms with Crippen LogP contribution in [0, 0.1) is 6.92 Å². The van der Waals surface area contributed by atoms with Gasteiger partial charge in [-0.05, 0) is 42.2 Å². The summed E-state index contributed by atoms with van der Waals surface area (Å²) in [5, 5.41) is 12.2. The first-order chi connectivity index (χ1) is 9.58. The van der Waals surface area contributed by atoms with E-state index in [2.05, 4.69) is 10.4 Å². The Hall–Kier alpha value is -1.43. The van der Waals surface area contributed by atoms with E-state index in [0.29, 0.717) is 10.1 Å². The highest BCUT2D eigenvalue weighted by molar-refractivity contribution is 7.80. The van der Waals surface area contributed by atoms with Gasteiger partial charge in [0.25, 0.3) is 0 Å². The SMILES string of the molecule is Cc1cccc(Cl)c1NC(=S)N(C)/N=C/c1cccs1. The molecule has 1 aromatic carbocycles. The minimum Gasteiger partial charge on any atom is -0.330 e. The quantitative estimate of drug-likeness (QED) is 0.516. The number of hydrogen-bond donors (Lipinski definition) is 1. The predicted octanol–water partition coefficient (Wildman–Crippen LogP) is 4.37. The van der Waals surface area contributed by atoms with E-state index in [1.807, 2.05) is 42.6 Å². The van der Waals surface area contributed by atoms with Crippen LogP contribution in [0.1, 0.15) is 10.4 Å². The maximum Gasteiger partial charge on any atom is 0.193 e. The maximum absolute atomic E-state index is 6.16. The van der Waals surface area contributed by atoms with Crippen molar-refractivity contribution in [1.82, 2.24) is 5.01 Å². The Labute approximate surface area is 132 Å². The van der Waals surface area contributed by atoms with E-state index in [0.717, 1.165) is 16.1 Å². The Bertz CT molecular complexity index is 603. The van der Waals surface area contributed by atoms with Gasteiger partial charge in [0, 0.05) is 11.9 Å². The van der Waals surface area contributed by atoms with Gasteiger partial charge in [0.2, 0.25) is 0 Å².